The Labute approximate surface area is 255 Å². The first-order valence-corrected chi connectivity index (χ1v) is 19.6. The summed E-state index contributed by atoms with van der Waals surface area (Å²) in [6.45, 7) is 14.6. The van der Waals surface area contributed by atoms with Crippen LogP contribution in [0.5, 0.6) is 0 Å². The number of fused-ring (bicyclic) bond motifs is 5. The van der Waals surface area contributed by atoms with E-state index in [1.165, 1.54) is 37.2 Å². The summed E-state index contributed by atoms with van der Waals surface area (Å²) in [4.78, 5) is 6.40. The molecule has 0 nitrogen and oxygen atoms in total. The zero-order valence-corrected chi connectivity index (χ0v) is 28.5. The molecule has 0 saturated carbocycles. The van der Waals surface area contributed by atoms with Gasteiger partial charge in [0.1, 0.15) is 0 Å². The fourth-order valence-electron chi connectivity index (χ4n) is 6.74. The fourth-order valence-corrected chi connectivity index (χ4v) is 14.9. The molecule has 1 aliphatic heterocycles. The number of benzene rings is 3. The quantitative estimate of drug-likeness (QED) is 0.152. The van der Waals surface area contributed by atoms with E-state index < -0.39 is 8.41 Å². The van der Waals surface area contributed by atoms with E-state index in [0.29, 0.717) is 11.8 Å². The van der Waals surface area contributed by atoms with Gasteiger partial charge in [0.15, 0.2) is 0 Å². The summed E-state index contributed by atoms with van der Waals surface area (Å²) in [6.07, 6.45) is 2.57. The zero-order valence-electron chi connectivity index (χ0n) is 23.4. The van der Waals surface area contributed by atoms with Crippen LogP contribution < -0.4 is 0 Å². The van der Waals surface area contributed by atoms with Crippen molar-refractivity contribution in [2.45, 2.75) is 45.7 Å². The van der Waals surface area contributed by atoms with Crippen LogP contribution in [0.4, 0.5) is 0 Å². The molecule has 1 aromatic heterocycles. The molecule has 4 heteroatoms. The Hall–Kier alpha value is -1.84. The topological polar surface area (TPSA) is 0 Å². The Balaban J connectivity index is 1.62. The Bertz CT molecular complexity index is 1870. The van der Waals surface area contributed by atoms with E-state index in [0.717, 1.165) is 0 Å². The predicted molar refractivity (Wildman–Crippen MR) is 175 cm³/mol. The second-order valence-corrected chi connectivity index (χ2v) is 18.3. The third-order valence-electron chi connectivity index (χ3n) is 8.49. The van der Waals surface area contributed by atoms with Crippen LogP contribution in [0.15, 0.2) is 82.1 Å². The minimum absolute atomic E-state index is 0.0517. The van der Waals surface area contributed by atoms with Gasteiger partial charge in [-0.15, -0.1) is 0 Å². The summed E-state index contributed by atoms with van der Waals surface area (Å²) in [7, 11) is -0.612. The van der Waals surface area contributed by atoms with Crippen molar-refractivity contribution >= 4 is 65.2 Å². The van der Waals surface area contributed by atoms with E-state index in [2.05, 4.69) is 114 Å². The van der Waals surface area contributed by atoms with Gasteiger partial charge in [-0.05, 0) is 0 Å². The number of rotatable bonds is 2. The van der Waals surface area contributed by atoms with Crippen LogP contribution in [0, 0.1) is 18.8 Å². The second kappa shape index (κ2) is 9.62. The summed E-state index contributed by atoms with van der Waals surface area (Å²) >= 11 is 3.62. The standard InChI is InChI=1S/C35H32S2Si.Zr/c1-20(2)25-19-26-31-24(23-13-8-7-9-14-23)15-11-16-27(31)36-33(26)34(25)37-28-17-10-12-21(3)30(28)32-29(37)18-22(4)35(32)38(5)6;/h7-17,19-20,22H,1-6H3;/q;+2. The maximum absolute atomic E-state index is 2.57. The van der Waals surface area contributed by atoms with Crippen molar-refractivity contribution in [2.24, 2.45) is 11.8 Å². The van der Waals surface area contributed by atoms with Crippen molar-refractivity contribution in [3.05, 3.63) is 98.8 Å². The fraction of sp³-hybridized carbons (Fsp3) is 0.229. The Morgan fingerprint density at radius 2 is 1.69 bits per heavy atom. The maximum atomic E-state index is 2.57. The van der Waals surface area contributed by atoms with Crippen LogP contribution in [-0.2, 0) is 24.2 Å². The molecule has 0 bridgehead atoms. The van der Waals surface area contributed by atoms with Gasteiger partial charge in [-0.3, -0.25) is 0 Å². The Morgan fingerprint density at radius 1 is 0.949 bits per heavy atom. The molecule has 39 heavy (non-hydrogen) atoms. The van der Waals surface area contributed by atoms with Gasteiger partial charge in [0.25, 0.3) is 0 Å². The zero-order chi connectivity index (χ0) is 27.2. The third-order valence-corrected chi connectivity index (χ3v) is 16.1. The molecule has 2 aliphatic carbocycles. The van der Waals surface area contributed by atoms with E-state index in [1.807, 2.05) is 11.3 Å². The molecule has 2 atom stereocenters. The molecule has 2 unspecified atom stereocenters. The van der Waals surface area contributed by atoms with Gasteiger partial charge in [-0.1, -0.05) is 0 Å². The Kier molecular flexibility index (Phi) is 6.44. The molecular formula is C35H32S2SiZr+2. The van der Waals surface area contributed by atoms with Gasteiger partial charge >= 0.3 is 257 Å². The number of hydrogen-bond donors (Lipinski definition) is 0. The molecule has 4 aromatic rings. The van der Waals surface area contributed by atoms with Gasteiger partial charge in [-0.2, -0.15) is 0 Å². The van der Waals surface area contributed by atoms with Crippen LogP contribution in [0.25, 0.3) is 32.9 Å². The van der Waals surface area contributed by atoms with Crippen molar-refractivity contribution in [3.63, 3.8) is 0 Å². The molecule has 0 saturated heterocycles. The molecule has 7 rings (SSSR count). The average molecular weight is 636 g/mol. The molecule has 0 fully saturated rings. The van der Waals surface area contributed by atoms with Crippen molar-refractivity contribution in [1.82, 2.24) is 0 Å². The summed E-state index contributed by atoms with van der Waals surface area (Å²) in [5.41, 5.74) is 10.3. The first kappa shape index (κ1) is 26.1. The first-order chi connectivity index (χ1) is 18.8. The van der Waals surface area contributed by atoms with Gasteiger partial charge in [0.2, 0.25) is 0 Å². The number of aryl methyl sites for hydroxylation is 1. The monoisotopic (exact) mass is 634 g/mol. The van der Waals surface area contributed by atoms with E-state index >= 15 is 0 Å². The molecule has 3 aromatic carbocycles. The van der Waals surface area contributed by atoms with Crippen LogP contribution in [0.2, 0.25) is 13.1 Å². The second-order valence-electron chi connectivity index (χ2n) is 11.5. The van der Waals surface area contributed by atoms with Crippen molar-refractivity contribution < 1.29 is 24.2 Å². The number of allylic oxidation sites excluding steroid dienone is 3. The van der Waals surface area contributed by atoms with E-state index in [1.54, 1.807) is 64.0 Å². The van der Waals surface area contributed by atoms with E-state index in [4.69, 9.17) is 0 Å². The summed E-state index contributed by atoms with van der Waals surface area (Å²) < 4.78 is 3.11. The molecule has 2 heterocycles. The third kappa shape index (κ3) is 3.74. The molecule has 0 amide bonds. The molecule has 3 aliphatic rings. The Morgan fingerprint density at radius 3 is 2.41 bits per heavy atom. The summed E-state index contributed by atoms with van der Waals surface area (Å²) in [5.74, 6) is 1.08. The molecule has 0 spiro atoms. The molecule has 190 valence electrons. The van der Waals surface area contributed by atoms with Gasteiger partial charge in [0, 0.05) is 0 Å². The van der Waals surface area contributed by atoms with Gasteiger partial charge in [-0.25, -0.2) is 0 Å². The van der Waals surface area contributed by atoms with Crippen molar-refractivity contribution in [3.8, 4) is 11.1 Å². The average Bonchev–Trinajstić information content (AvgIpc) is 3.62. The first-order valence-electron chi connectivity index (χ1n) is 13.8. The summed E-state index contributed by atoms with van der Waals surface area (Å²) in [5, 5.41) is 3.20. The SMILES string of the molecule is Cc1cccc2c1C1=C([C](=[Zr+2])C(C)C1=[Si](C)C)S2=C1C(C(C)C)=Cc2c1sc1cccc(-c3ccccc3)c21. The predicted octanol–water partition coefficient (Wildman–Crippen LogP) is 9.38. The van der Waals surface area contributed by atoms with Crippen LogP contribution >= 0.6 is 21.8 Å². The van der Waals surface area contributed by atoms with Crippen LogP contribution in [0.3, 0.4) is 0 Å². The molecule has 0 N–H and O–H groups in total. The van der Waals surface area contributed by atoms with Crippen molar-refractivity contribution in [1.29, 1.82) is 0 Å². The van der Waals surface area contributed by atoms with Gasteiger partial charge in [0.05, 0.1) is 0 Å². The van der Waals surface area contributed by atoms with Crippen LogP contribution in [-0.4, -0.2) is 21.6 Å². The summed E-state index contributed by atoms with van der Waals surface area (Å²) in [6, 6.07) is 24.9. The number of thiophene rings is 1. The van der Waals surface area contributed by atoms with Gasteiger partial charge < -0.3 is 0 Å². The minimum atomic E-state index is -0.561. The van der Waals surface area contributed by atoms with E-state index in [9.17, 15) is 0 Å². The van der Waals surface area contributed by atoms with Crippen molar-refractivity contribution in [2.75, 3.05) is 0 Å². The van der Waals surface area contributed by atoms with E-state index in [-0.39, 0.29) is 10.5 Å². The number of hydrogen-bond acceptors (Lipinski definition) is 1. The molecular weight excluding hydrogens is 604 g/mol. The van der Waals surface area contributed by atoms with Crippen LogP contribution in [0.1, 0.15) is 42.3 Å². The normalized spacial score (nSPS) is 20.7. The molecule has 0 radical (unpaired) electrons.